The second kappa shape index (κ2) is 7.90. The number of piperidine rings is 1. The summed E-state index contributed by atoms with van der Waals surface area (Å²) in [5.41, 5.74) is 0. The Balaban J connectivity index is 1.87. The Kier molecular flexibility index (Phi) is 6.47. The molecule has 2 aliphatic rings. The van der Waals surface area contributed by atoms with Crippen molar-refractivity contribution in [2.75, 3.05) is 33.2 Å². The minimum absolute atomic E-state index is 0.268. The smallest absolute Gasteiger partial charge is 0.281 e. The van der Waals surface area contributed by atoms with Crippen molar-refractivity contribution in [3.05, 3.63) is 0 Å². The first-order valence-electron chi connectivity index (χ1n) is 8.51. The van der Waals surface area contributed by atoms with E-state index in [4.69, 9.17) is 0 Å². The highest BCUT2D eigenvalue weighted by molar-refractivity contribution is 7.86. The summed E-state index contributed by atoms with van der Waals surface area (Å²) in [5.74, 6) is 0.605. The highest BCUT2D eigenvalue weighted by Gasteiger charge is 2.41. The predicted octanol–water partition coefficient (Wildman–Crippen LogP) is 1.82. The second-order valence-electron chi connectivity index (χ2n) is 6.44. The Morgan fingerprint density at radius 1 is 1.19 bits per heavy atom. The summed E-state index contributed by atoms with van der Waals surface area (Å²) in [6.45, 7) is 5.35. The number of hydrogen-bond acceptors (Lipinski definition) is 3. The summed E-state index contributed by atoms with van der Waals surface area (Å²) >= 11 is 0. The van der Waals surface area contributed by atoms with Crippen LogP contribution in [0.15, 0.2) is 0 Å². The Hall–Kier alpha value is -0.170. The zero-order valence-corrected chi connectivity index (χ0v) is 14.4. The van der Waals surface area contributed by atoms with Gasteiger partial charge in [0, 0.05) is 26.2 Å². The summed E-state index contributed by atoms with van der Waals surface area (Å²) in [7, 11) is -1.54. The van der Waals surface area contributed by atoms with Gasteiger partial charge in [-0.1, -0.05) is 13.3 Å². The molecule has 2 rings (SSSR count). The molecule has 0 spiro atoms. The lowest BCUT2D eigenvalue weighted by Gasteiger charge is -2.38. The first-order valence-corrected chi connectivity index (χ1v) is 9.91. The molecule has 1 saturated carbocycles. The summed E-state index contributed by atoms with van der Waals surface area (Å²) in [6.07, 6.45) is 7.67. The van der Waals surface area contributed by atoms with Gasteiger partial charge in [-0.05, 0) is 57.5 Å². The number of nitrogens with zero attached hydrogens (tertiary/aromatic N) is 2. The van der Waals surface area contributed by atoms with E-state index in [0.29, 0.717) is 19.0 Å². The highest BCUT2D eigenvalue weighted by Crippen LogP contribution is 2.38. The van der Waals surface area contributed by atoms with Crippen LogP contribution in [0.5, 0.6) is 0 Å². The van der Waals surface area contributed by atoms with Crippen molar-refractivity contribution < 1.29 is 8.42 Å². The molecule has 2 atom stereocenters. The fraction of sp³-hybridized carbons (Fsp3) is 1.00. The topological polar surface area (TPSA) is 52.7 Å². The van der Waals surface area contributed by atoms with E-state index in [1.54, 1.807) is 15.7 Å². The summed E-state index contributed by atoms with van der Waals surface area (Å²) in [6, 6.07) is 0.268. The van der Waals surface area contributed by atoms with Crippen molar-refractivity contribution in [3.63, 3.8) is 0 Å². The molecule has 0 amide bonds. The maximum Gasteiger partial charge on any atom is 0.281 e. The van der Waals surface area contributed by atoms with Gasteiger partial charge in [0.2, 0.25) is 0 Å². The van der Waals surface area contributed by atoms with Crippen LogP contribution in [0.4, 0.5) is 0 Å². The molecular weight excluding hydrogens is 286 g/mol. The van der Waals surface area contributed by atoms with Crippen molar-refractivity contribution in [2.45, 2.75) is 57.9 Å². The first kappa shape index (κ1) is 17.2. The van der Waals surface area contributed by atoms with E-state index < -0.39 is 10.2 Å². The van der Waals surface area contributed by atoms with Gasteiger partial charge in [0.15, 0.2) is 0 Å². The maximum absolute atomic E-state index is 12.8. The largest absolute Gasteiger partial charge is 0.317 e. The minimum Gasteiger partial charge on any atom is -0.317 e. The van der Waals surface area contributed by atoms with Gasteiger partial charge in [-0.15, -0.1) is 0 Å². The van der Waals surface area contributed by atoms with E-state index in [2.05, 4.69) is 12.2 Å². The number of nitrogens with one attached hydrogen (secondary N) is 1. The van der Waals surface area contributed by atoms with Crippen LogP contribution in [0.2, 0.25) is 0 Å². The second-order valence-corrected chi connectivity index (χ2v) is 8.43. The lowest BCUT2D eigenvalue weighted by molar-refractivity contribution is 0.191. The van der Waals surface area contributed by atoms with Gasteiger partial charge in [-0.2, -0.15) is 17.0 Å². The van der Waals surface area contributed by atoms with E-state index in [-0.39, 0.29) is 6.04 Å². The molecule has 1 aliphatic carbocycles. The molecule has 1 saturated heterocycles. The SMILES string of the molecule is CCCNCCCN(C)S(=O)(=O)N1CCCC2CCCC21. The van der Waals surface area contributed by atoms with Crippen molar-refractivity contribution >= 4 is 10.2 Å². The molecule has 124 valence electrons. The molecule has 1 aliphatic heterocycles. The maximum atomic E-state index is 12.8. The third-order valence-corrected chi connectivity index (χ3v) is 6.90. The van der Waals surface area contributed by atoms with Gasteiger partial charge in [0.1, 0.15) is 0 Å². The average molecular weight is 317 g/mol. The summed E-state index contributed by atoms with van der Waals surface area (Å²) in [5, 5.41) is 3.32. The van der Waals surface area contributed by atoms with Crippen molar-refractivity contribution in [1.29, 1.82) is 0 Å². The highest BCUT2D eigenvalue weighted by atomic mass is 32.2. The van der Waals surface area contributed by atoms with Crippen molar-refractivity contribution in [1.82, 2.24) is 13.9 Å². The Labute approximate surface area is 130 Å². The molecule has 0 bridgehead atoms. The van der Waals surface area contributed by atoms with Crippen LogP contribution in [0.25, 0.3) is 0 Å². The van der Waals surface area contributed by atoms with Crippen molar-refractivity contribution in [2.24, 2.45) is 5.92 Å². The van der Waals surface area contributed by atoms with E-state index in [9.17, 15) is 8.42 Å². The third kappa shape index (κ3) is 4.18. The van der Waals surface area contributed by atoms with Gasteiger partial charge in [-0.25, -0.2) is 0 Å². The quantitative estimate of drug-likeness (QED) is 0.695. The number of fused-ring (bicyclic) bond motifs is 1. The van der Waals surface area contributed by atoms with Crippen LogP contribution in [0.1, 0.15) is 51.9 Å². The monoisotopic (exact) mass is 317 g/mol. The Bertz CT molecular complexity index is 413. The molecule has 2 unspecified atom stereocenters. The standard InChI is InChI=1S/C15H31N3O2S/c1-3-10-16-11-6-12-17(2)21(19,20)18-13-5-8-14-7-4-9-15(14)18/h14-16H,3-13H2,1-2H3. The number of rotatable bonds is 8. The van der Waals surface area contributed by atoms with Crippen LogP contribution in [-0.2, 0) is 10.2 Å². The molecule has 0 aromatic carbocycles. The van der Waals surface area contributed by atoms with Gasteiger partial charge >= 0.3 is 0 Å². The molecule has 5 nitrogen and oxygen atoms in total. The summed E-state index contributed by atoms with van der Waals surface area (Å²) < 4.78 is 28.9. The summed E-state index contributed by atoms with van der Waals surface area (Å²) in [4.78, 5) is 0. The molecule has 21 heavy (non-hydrogen) atoms. The van der Waals surface area contributed by atoms with Crippen LogP contribution in [-0.4, -0.2) is 56.3 Å². The van der Waals surface area contributed by atoms with Crippen LogP contribution < -0.4 is 5.32 Å². The van der Waals surface area contributed by atoms with E-state index in [0.717, 1.165) is 38.8 Å². The molecule has 0 aromatic rings. The van der Waals surface area contributed by atoms with Gasteiger partial charge in [-0.3, -0.25) is 0 Å². The molecule has 0 aromatic heterocycles. The van der Waals surface area contributed by atoms with E-state index in [1.165, 1.54) is 19.3 Å². The zero-order chi connectivity index (χ0) is 15.3. The molecule has 6 heteroatoms. The first-order chi connectivity index (χ1) is 10.1. The molecular formula is C15H31N3O2S. The molecule has 2 fully saturated rings. The van der Waals surface area contributed by atoms with Crippen LogP contribution >= 0.6 is 0 Å². The number of hydrogen-bond donors (Lipinski definition) is 1. The molecule has 1 heterocycles. The predicted molar refractivity (Wildman–Crippen MR) is 86.4 cm³/mol. The third-order valence-electron chi connectivity index (χ3n) is 4.89. The van der Waals surface area contributed by atoms with Crippen LogP contribution in [0.3, 0.4) is 0 Å². The fourth-order valence-corrected chi connectivity index (χ4v) is 5.42. The Morgan fingerprint density at radius 2 is 1.95 bits per heavy atom. The average Bonchev–Trinajstić information content (AvgIpc) is 2.94. The lowest BCUT2D eigenvalue weighted by Crippen LogP contribution is -2.51. The van der Waals surface area contributed by atoms with Gasteiger partial charge in [0.05, 0.1) is 0 Å². The fourth-order valence-electron chi connectivity index (χ4n) is 3.72. The zero-order valence-electron chi connectivity index (χ0n) is 13.6. The molecule has 0 radical (unpaired) electrons. The normalized spacial score (nSPS) is 27.2. The van der Waals surface area contributed by atoms with E-state index in [1.807, 2.05) is 0 Å². The molecule has 1 N–H and O–H groups in total. The van der Waals surface area contributed by atoms with Gasteiger partial charge < -0.3 is 5.32 Å². The Morgan fingerprint density at radius 3 is 2.71 bits per heavy atom. The minimum atomic E-state index is -3.27. The van der Waals surface area contributed by atoms with E-state index >= 15 is 0 Å². The van der Waals surface area contributed by atoms with Crippen molar-refractivity contribution in [3.8, 4) is 0 Å². The lowest BCUT2D eigenvalue weighted by atomic mass is 9.94. The van der Waals surface area contributed by atoms with Gasteiger partial charge in [0.25, 0.3) is 10.2 Å². The van der Waals surface area contributed by atoms with Crippen LogP contribution in [0, 0.1) is 5.92 Å².